The van der Waals surface area contributed by atoms with Gasteiger partial charge in [0.2, 0.25) is 0 Å². The maximum absolute atomic E-state index is 12.8. The van der Waals surface area contributed by atoms with Gasteiger partial charge in [0.25, 0.3) is 5.91 Å². The summed E-state index contributed by atoms with van der Waals surface area (Å²) >= 11 is 7.79. The smallest absolute Gasteiger partial charge is 0.257 e. The normalized spacial score (nSPS) is 10.5. The fraction of sp³-hybridized carbons (Fsp3) is 0.150. The van der Waals surface area contributed by atoms with E-state index in [1.807, 2.05) is 59.3 Å². The molecule has 0 saturated heterocycles. The van der Waals surface area contributed by atoms with Crippen LogP contribution in [0, 0.1) is 0 Å². The lowest BCUT2D eigenvalue weighted by atomic mass is 10.1. The maximum Gasteiger partial charge on any atom is 0.257 e. The predicted molar refractivity (Wildman–Crippen MR) is 102 cm³/mol. The molecule has 0 spiro atoms. The lowest BCUT2D eigenvalue weighted by Gasteiger charge is -2.19. The summed E-state index contributed by atoms with van der Waals surface area (Å²) in [7, 11) is 1.80. The molecule has 5 heteroatoms. The van der Waals surface area contributed by atoms with Gasteiger partial charge < -0.3 is 9.64 Å². The van der Waals surface area contributed by atoms with E-state index in [0.717, 1.165) is 11.1 Å². The zero-order valence-electron chi connectivity index (χ0n) is 13.8. The zero-order chi connectivity index (χ0) is 17.6. The van der Waals surface area contributed by atoms with Crippen molar-refractivity contribution in [3.63, 3.8) is 0 Å². The van der Waals surface area contributed by atoms with Crippen molar-refractivity contribution in [2.45, 2.75) is 13.2 Å². The highest BCUT2D eigenvalue weighted by Gasteiger charge is 2.17. The van der Waals surface area contributed by atoms with E-state index in [2.05, 4.69) is 0 Å². The van der Waals surface area contributed by atoms with Gasteiger partial charge in [0.05, 0.1) is 5.56 Å². The number of benzene rings is 2. The van der Waals surface area contributed by atoms with Crippen molar-refractivity contribution in [2.75, 3.05) is 7.05 Å². The van der Waals surface area contributed by atoms with Crippen molar-refractivity contribution in [3.8, 4) is 5.75 Å². The van der Waals surface area contributed by atoms with Crippen LogP contribution in [0.2, 0.25) is 5.02 Å². The van der Waals surface area contributed by atoms with Crippen molar-refractivity contribution in [3.05, 3.63) is 87.1 Å². The van der Waals surface area contributed by atoms with Crippen LogP contribution in [0.3, 0.4) is 0 Å². The SMILES string of the molecule is CN(Cc1ccsc1)C(=O)c1ccccc1OCc1ccccc1Cl. The molecule has 3 aromatic rings. The van der Waals surface area contributed by atoms with Crippen LogP contribution in [-0.2, 0) is 13.2 Å². The summed E-state index contributed by atoms with van der Waals surface area (Å²) in [6.45, 7) is 0.888. The van der Waals surface area contributed by atoms with Gasteiger partial charge in [-0.2, -0.15) is 11.3 Å². The average molecular weight is 372 g/mol. The van der Waals surface area contributed by atoms with E-state index in [4.69, 9.17) is 16.3 Å². The topological polar surface area (TPSA) is 29.5 Å². The molecule has 0 aliphatic rings. The number of para-hydroxylation sites is 1. The molecule has 0 atom stereocenters. The molecule has 0 aliphatic heterocycles. The molecule has 25 heavy (non-hydrogen) atoms. The standard InChI is InChI=1S/C20H18ClNO2S/c1-22(12-15-10-11-25-14-15)20(23)17-7-3-5-9-19(17)24-13-16-6-2-4-8-18(16)21/h2-11,14H,12-13H2,1H3. The molecule has 0 aliphatic carbocycles. The van der Waals surface area contributed by atoms with Crippen LogP contribution in [0.1, 0.15) is 21.5 Å². The average Bonchev–Trinajstić information content (AvgIpc) is 3.13. The maximum atomic E-state index is 12.8. The second-order valence-corrected chi connectivity index (χ2v) is 6.86. The van der Waals surface area contributed by atoms with E-state index in [1.165, 1.54) is 0 Å². The third kappa shape index (κ3) is 4.41. The van der Waals surface area contributed by atoms with Gasteiger partial charge in [-0.1, -0.05) is 41.9 Å². The third-order valence-corrected chi connectivity index (χ3v) is 4.91. The summed E-state index contributed by atoms with van der Waals surface area (Å²) in [5, 5.41) is 4.71. The van der Waals surface area contributed by atoms with Crippen molar-refractivity contribution in [1.29, 1.82) is 0 Å². The molecule has 1 heterocycles. The number of halogens is 1. The number of carbonyl (C=O) groups is 1. The van der Waals surface area contributed by atoms with E-state index in [1.54, 1.807) is 29.4 Å². The van der Waals surface area contributed by atoms with Crippen LogP contribution < -0.4 is 4.74 Å². The lowest BCUT2D eigenvalue weighted by molar-refractivity contribution is 0.0780. The molecule has 3 nitrogen and oxygen atoms in total. The summed E-state index contributed by atoms with van der Waals surface area (Å²) in [5.41, 5.74) is 2.56. The number of amides is 1. The Morgan fingerprint density at radius 3 is 2.64 bits per heavy atom. The van der Waals surface area contributed by atoms with Crippen LogP contribution in [0.4, 0.5) is 0 Å². The van der Waals surface area contributed by atoms with E-state index in [-0.39, 0.29) is 5.91 Å². The van der Waals surface area contributed by atoms with E-state index in [9.17, 15) is 4.79 Å². The van der Waals surface area contributed by atoms with Gasteiger partial charge in [0.1, 0.15) is 12.4 Å². The number of nitrogens with zero attached hydrogens (tertiary/aromatic N) is 1. The van der Waals surface area contributed by atoms with E-state index < -0.39 is 0 Å². The summed E-state index contributed by atoms with van der Waals surface area (Å²) in [5.74, 6) is 0.491. The monoisotopic (exact) mass is 371 g/mol. The quantitative estimate of drug-likeness (QED) is 0.592. The molecule has 1 amide bonds. The highest BCUT2D eigenvalue weighted by atomic mass is 35.5. The molecule has 0 bridgehead atoms. The van der Waals surface area contributed by atoms with Gasteiger partial charge in [-0.25, -0.2) is 0 Å². The zero-order valence-corrected chi connectivity index (χ0v) is 15.4. The van der Waals surface area contributed by atoms with Crippen LogP contribution in [0.15, 0.2) is 65.4 Å². The largest absolute Gasteiger partial charge is 0.488 e. The second kappa shape index (κ2) is 8.19. The number of ether oxygens (including phenoxy) is 1. The first-order valence-corrected chi connectivity index (χ1v) is 9.19. The highest BCUT2D eigenvalue weighted by Crippen LogP contribution is 2.23. The minimum absolute atomic E-state index is 0.0686. The van der Waals surface area contributed by atoms with Crippen LogP contribution >= 0.6 is 22.9 Å². The fourth-order valence-electron chi connectivity index (χ4n) is 2.47. The molecule has 1 aromatic heterocycles. The van der Waals surface area contributed by atoms with Crippen LogP contribution in [0.5, 0.6) is 5.75 Å². The Morgan fingerprint density at radius 1 is 1.12 bits per heavy atom. The number of rotatable bonds is 6. The number of hydrogen-bond acceptors (Lipinski definition) is 3. The number of hydrogen-bond donors (Lipinski definition) is 0. The Labute approximate surface area is 156 Å². The molecule has 0 saturated carbocycles. The summed E-state index contributed by atoms with van der Waals surface area (Å²) in [6, 6.07) is 16.8. The molecule has 0 radical (unpaired) electrons. The highest BCUT2D eigenvalue weighted by molar-refractivity contribution is 7.07. The fourth-order valence-corrected chi connectivity index (χ4v) is 3.32. The summed E-state index contributed by atoms with van der Waals surface area (Å²) in [4.78, 5) is 14.5. The number of thiophene rings is 1. The summed E-state index contributed by atoms with van der Waals surface area (Å²) < 4.78 is 5.88. The molecule has 3 rings (SSSR count). The Kier molecular flexibility index (Phi) is 5.74. The minimum atomic E-state index is -0.0686. The molecule has 0 fully saturated rings. The molecular formula is C20H18ClNO2S. The van der Waals surface area contributed by atoms with Crippen molar-refractivity contribution >= 4 is 28.8 Å². The van der Waals surface area contributed by atoms with Crippen molar-refractivity contribution in [1.82, 2.24) is 4.90 Å². The van der Waals surface area contributed by atoms with Gasteiger partial charge in [0.15, 0.2) is 0 Å². The predicted octanol–water partition coefficient (Wildman–Crippen LogP) is 5.25. The first-order chi connectivity index (χ1) is 12.1. The van der Waals surface area contributed by atoms with Crippen molar-refractivity contribution < 1.29 is 9.53 Å². The van der Waals surface area contributed by atoms with Crippen LogP contribution in [0.25, 0.3) is 0 Å². The van der Waals surface area contributed by atoms with Crippen LogP contribution in [-0.4, -0.2) is 17.9 Å². The number of carbonyl (C=O) groups excluding carboxylic acids is 1. The Balaban J connectivity index is 1.74. The molecule has 2 aromatic carbocycles. The van der Waals surface area contributed by atoms with Gasteiger partial charge >= 0.3 is 0 Å². The second-order valence-electron chi connectivity index (χ2n) is 5.67. The first kappa shape index (κ1) is 17.5. The Hall–Kier alpha value is -2.30. The van der Waals surface area contributed by atoms with Gasteiger partial charge in [-0.15, -0.1) is 0 Å². The van der Waals surface area contributed by atoms with Gasteiger partial charge in [-0.05, 0) is 40.6 Å². The lowest BCUT2D eigenvalue weighted by Crippen LogP contribution is -2.26. The van der Waals surface area contributed by atoms with Gasteiger partial charge in [-0.3, -0.25) is 4.79 Å². The van der Waals surface area contributed by atoms with E-state index in [0.29, 0.717) is 29.5 Å². The summed E-state index contributed by atoms with van der Waals surface area (Å²) in [6.07, 6.45) is 0. The Bertz CT molecular complexity index is 848. The molecule has 0 N–H and O–H groups in total. The molecule has 0 unspecified atom stereocenters. The molecular weight excluding hydrogens is 354 g/mol. The minimum Gasteiger partial charge on any atom is -0.488 e. The first-order valence-electron chi connectivity index (χ1n) is 7.87. The Morgan fingerprint density at radius 2 is 1.88 bits per heavy atom. The van der Waals surface area contributed by atoms with Crippen molar-refractivity contribution in [2.24, 2.45) is 0 Å². The van der Waals surface area contributed by atoms with E-state index >= 15 is 0 Å². The molecule has 128 valence electrons. The third-order valence-electron chi connectivity index (χ3n) is 3.81. The van der Waals surface area contributed by atoms with Gasteiger partial charge in [0, 0.05) is 24.2 Å².